The summed E-state index contributed by atoms with van der Waals surface area (Å²) < 4.78 is 0. The molecule has 1 aliphatic heterocycles. The highest BCUT2D eigenvalue weighted by Gasteiger charge is 2.25. The Labute approximate surface area is 94.0 Å². The van der Waals surface area contributed by atoms with E-state index in [0.717, 1.165) is 18.9 Å². The van der Waals surface area contributed by atoms with Gasteiger partial charge in [-0.25, -0.2) is 0 Å². The fourth-order valence-corrected chi connectivity index (χ4v) is 2.27. The normalized spacial score (nSPS) is 30.1. The first-order valence-electron chi connectivity index (χ1n) is 6.31. The minimum Gasteiger partial charge on any atom is -0.298 e. The molecule has 0 aromatic carbocycles. The molecule has 0 radical (unpaired) electrons. The molecule has 0 amide bonds. The van der Waals surface area contributed by atoms with Gasteiger partial charge in [-0.2, -0.15) is 0 Å². The van der Waals surface area contributed by atoms with Gasteiger partial charge in [0, 0.05) is 12.0 Å². The van der Waals surface area contributed by atoms with Crippen LogP contribution in [0.3, 0.4) is 0 Å². The molecule has 3 unspecified atom stereocenters. The van der Waals surface area contributed by atoms with E-state index in [4.69, 9.17) is 0 Å². The predicted molar refractivity (Wildman–Crippen MR) is 63.9 cm³/mol. The fourth-order valence-electron chi connectivity index (χ4n) is 2.27. The van der Waals surface area contributed by atoms with Gasteiger partial charge in [0.2, 0.25) is 0 Å². The Balaban J connectivity index is 2.41. The molecule has 0 N–H and O–H groups in total. The van der Waals surface area contributed by atoms with Crippen molar-refractivity contribution >= 4 is 5.78 Å². The number of ketones is 1. The molecule has 1 rings (SSSR count). The van der Waals surface area contributed by atoms with E-state index in [1.807, 2.05) is 6.92 Å². The molecule has 0 aromatic rings. The number of likely N-dealkylation sites (tertiary alicyclic amines) is 1. The molecular formula is C13H25NO. The topological polar surface area (TPSA) is 20.3 Å². The van der Waals surface area contributed by atoms with Crippen molar-refractivity contribution < 1.29 is 4.79 Å². The van der Waals surface area contributed by atoms with Gasteiger partial charge >= 0.3 is 0 Å². The first-order chi connectivity index (χ1) is 7.04. The first kappa shape index (κ1) is 12.7. The third-order valence-corrected chi connectivity index (χ3v) is 3.80. The van der Waals surface area contributed by atoms with Crippen molar-refractivity contribution in [3.8, 4) is 0 Å². The van der Waals surface area contributed by atoms with E-state index < -0.39 is 0 Å². The summed E-state index contributed by atoms with van der Waals surface area (Å²) in [5, 5.41) is 0. The van der Waals surface area contributed by atoms with Crippen molar-refractivity contribution in [2.45, 2.75) is 53.0 Å². The van der Waals surface area contributed by atoms with Crippen LogP contribution < -0.4 is 0 Å². The number of nitrogens with zero attached hydrogens (tertiary/aromatic N) is 1. The van der Waals surface area contributed by atoms with Crippen LogP contribution in [-0.2, 0) is 4.79 Å². The van der Waals surface area contributed by atoms with Crippen LogP contribution in [-0.4, -0.2) is 29.8 Å². The number of carbonyl (C=O) groups is 1. The number of carbonyl (C=O) groups excluding carboxylic acids is 1. The lowest BCUT2D eigenvalue weighted by atomic mass is 9.92. The van der Waals surface area contributed by atoms with Gasteiger partial charge in [-0.3, -0.25) is 9.69 Å². The molecule has 1 saturated heterocycles. The largest absolute Gasteiger partial charge is 0.298 e. The van der Waals surface area contributed by atoms with Gasteiger partial charge in [-0.1, -0.05) is 20.8 Å². The van der Waals surface area contributed by atoms with Crippen LogP contribution in [0.5, 0.6) is 0 Å². The van der Waals surface area contributed by atoms with E-state index >= 15 is 0 Å². The lowest BCUT2D eigenvalue weighted by molar-refractivity contribution is -0.124. The molecule has 0 aromatic heterocycles. The van der Waals surface area contributed by atoms with E-state index in [2.05, 4.69) is 25.7 Å². The van der Waals surface area contributed by atoms with Crippen LogP contribution in [0.1, 0.15) is 47.0 Å². The number of Topliss-reactive ketones (excluding diaryl/α,β-unsaturated/α-hetero) is 1. The van der Waals surface area contributed by atoms with Crippen LogP contribution in [0.15, 0.2) is 0 Å². The zero-order valence-electron chi connectivity index (χ0n) is 10.6. The predicted octanol–water partition coefficient (Wildman–Crippen LogP) is 2.72. The Hall–Kier alpha value is -0.370. The summed E-state index contributed by atoms with van der Waals surface area (Å²) in [5.74, 6) is 1.48. The van der Waals surface area contributed by atoms with Crippen molar-refractivity contribution in [2.24, 2.45) is 11.8 Å². The van der Waals surface area contributed by atoms with Crippen LogP contribution in [0, 0.1) is 11.8 Å². The molecule has 88 valence electrons. The number of piperidine rings is 1. The lowest BCUT2D eigenvalue weighted by Crippen LogP contribution is -2.43. The van der Waals surface area contributed by atoms with Crippen LogP contribution >= 0.6 is 0 Å². The van der Waals surface area contributed by atoms with Gasteiger partial charge in [0.1, 0.15) is 5.78 Å². The van der Waals surface area contributed by atoms with Crippen LogP contribution in [0.25, 0.3) is 0 Å². The number of hydrogen-bond donors (Lipinski definition) is 0. The first-order valence-corrected chi connectivity index (χ1v) is 6.31. The van der Waals surface area contributed by atoms with Crippen molar-refractivity contribution in [1.29, 1.82) is 0 Å². The average molecular weight is 211 g/mol. The lowest BCUT2D eigenvalue weighted by Gasteiger charge is -2.36. The van der Waals surface area contributed by atoms with Gasteiger partial charge in [-0.05, 0) is 38.6 Å². The Bertz CT molecular complexity index is 215. The van der Waals surface area contributed by atoms with Gasteiger partial charge in [0.05, 0.1) is 6.54 Å². The third-order valence-electron chi connectivity index (χ3n) is 3.80. The molecule has 1 aliphatic rings. The van der Waals surface area contributed by atoms with Gasteiger partial charge < -0.3 is 0 Å². The maximum absolute atomic E-state index is 11.8. The summed E-state index contributed by atoms with van der Waals surface area (Å²) in [4.78, 5) is 14.2. The summed E-state index contributed by atoms with van der Waals surface area (Å²) in [6, 6.07) is 0.585. The highest BCUT2D eigenvalue weighted by Crippen LogP contribution is 2.22. The molecule has 2 heteroatoms. The minimum absolute atomic E-state index is 0.233. The zero-order valence-corrected chi connectivity index (χ0v) is 10.6. The Kier molecular flexibility index (Phi) is 4.78. The highest BCUT2D eigenvalue weighted by atomic mass is 16.1. The van der Waals surface area contributed by atoms with Crippen LogP contribution in [0.2, 0.25) is 0 Å². The molecule has 2 nitrogen and oxygen atoms in total. The quantitative estimate of drug-likeness (QED) is 0.712. The second-order valence-electron chi connectivity index (χ2n) is 5.22. The summed E-state index contributed by atoms with van der Waals surface area (Å²) in [6.45, 7) is 10.5. The summed E-state index contributed by atoms with van der Waals surface area (Å²) in [5.41, 5.74) is 0. The summed E-state index contributed by atoms with van der Waals surface area (Å²) >= 11 is 0. The van der Waals surface area contributed by atoms with Crippen molar-refractivity contribution in [3.63, 3.8) is 0 Å². The zero-order chi connectivity index (χ0) is 11.4. The Morgan fingerprint density at radius 3 is 2.67 bits per heavy atom. The maximum atomic E-state index is 11.8. The molecule has 0 bridgehead atoms. The standard InChI is InChI=1S/C13H25NO/c1-5-11(3)13(15)9-14-7-6-10(2)8-12(14)4/h10-12H,5-9H2,1-4H3. The van der Waals surface area contributed by atoms with Crippen molar-refractivity contribution in [1.82, 2.24) is 4.90 Å². The van der Waals surface area contributed by atoms with E-state index in [0.29, 0.717) is 18.4 Å². The second-order valence-corrected chi connectivity index (χ2v) is 5.22. The van der Waals surface area contributed by atoms with Gasteiger partial charge in [0.15, 0.2) is 0 Å². The summed E-state index contributed by atoms with van der Waals surface area (Å²) in [6.07, 6.45) is 3.46. The summed E-state index contributed by atoms with van der Waals surface area (Å²) in [7, 11) is 0. The van der Waals surface area contributed by atoms with E-state index in [-0.39, 0.29) is 5.92 Å². The molecule has 0 aliphatic carbocycles. The van der Waals surface area contributed by atoms with E-state index in [1.165, 1.54) is 12.8 Å². The van der Waals surface area contributed by atoms with Gasteiger partial charge in [-0.15, -0.1) is 0 Å². The third kappa shape index (κ3) is 3.60. The number of hydrogen-bond acceptors (Lipinski definition) is 2. The smallest absolute Gasteiger partial charge is 0.149 e. The molecule has 3 atom stereocenters. The Morgan fingerprint density at radius 2 is 2.13 bits per heavy atom. The maximum Gasteiger partial charge on any atom is 0.149 e. The minimum atomic E-state index is 0.233. The molecule has 0 saturated carbocycles. The number of rotatable bonds is 4. The monoisotopic (exact) mass is 211 g/mol. The van der Waals surface area contributed by atoms with Crippen LogP contribution in [0.4, 0.5) is 0 Å². The van der Waals surface area contributed by atoms with Crippen molar-refractivity contribution in [3.05, 3.63) is 0 Å². The molecule has 1 fully saturated rings. The highest BCUT2D eigenvalue weighted by molar-refractivity contribution is 5.82. The average Bonchev–Trinajstić information content (AvgIpc) is 2.20. The Morgan fingerprint density at radius 1 is 1.47 bits per heavy atom. The molecule has 0 spiro atoms. The van der Waals surface area contributed by atoms with Gasteiger partial charge in [0.25, 0.3) is 0 Å². The molecular weight excluding hydrogens is 186 g/mol. The molecule has 15 heavy (non-hydrogen) atoms. The van der Waals surface area contributed by atoms with Crippen molar-refractivity contribution in [2.75, 3.05) is 13.1 Å². The SMILES string of the molecule is CCC(C)C(=O)CN1CCC(C)CC1C. The van der Waals surface area contributed by atoms with E-state index in [9.17, 15) is 4.79 Å². The molecule has 1 heterocycles. The van der Waals surface area contributed by atoms with E-state index in [1.54, 1.807) is 0 Å². The second kappa shape index (κ2) is 5.64. The fraction of sp³-hybridized carbons (Fsp3) is 0.923.